The molecular weight excluding hydrogens is 182 g/mol. The van der Waals surface area contributed by atoms with E-state index in [2.05, 4.69) is 0 Å². The van der Waals surface area contributed by atoms with Gasteiger partial charge in [0, 0.05) is 18.3 Å². The Labute approximate surface area is 68.8 Å². The minimum atomic E-state index is 0.457. The third-order valence-electron chi connectivity index (χ3n) is 0.967. The van der Waals surface area contributed by atoms with Crippen molar-refractivity contribution in [3.8, 4) is 0 Å². The molecule has 0 N–H and O–H groups in total. The van der Waals surface area contributed by atoms with Crippen LogP contribution in [0.5, 0.6) is 0 Å². The SMILES string of the molecule is ClC1=CCN(Cl)CN1Cl. The highest BCUT2D eigenvalue weighted by atomic mass is 35.5. The van der Waals surface area contributed by atoms with Crippen molar-refractivity contribution < 1.29 is 0 Å². The molecule has 1 rings (SSSR count). The second kappa shape index (κ2) is 2.97. The van der Waals surface area contributed by atoms with E-state index in [4.69, 9.17) is 35.2 Å². The lowest BCUT2D eigenvalue weighted by atomic mass is 10.5. The van der Waals surface area contributed by atoms with Crippen molar-refractivity contribution >= 4 is 35.2 Å². The summed E-state index contributed by atoms with van der Waals surface area (Å²) < 4.78 is 2.87. The van der Waals surface area contributed by atoms with Gasteiger partial charge in [0.25, 0.3) is 0 Å². The van der Waals surface area contributed by atoms with Gasteiger partial charge in [-0.25, -0.2) is 0 Å². The molecule has 0 saturated heterocycles. The van der Waals surface area contributed by atoms with E-state index in [0.29, 0.717) is 18.4 Å². The number of hydrogen-bond donors (Lipinski definition) is 0. The van der Waals surface area contributed by atoms with E-state index in [1.807, 2.05) is 0 Å². The largest absolute Gasteiger partial charge is 0.259 e. The molecule has 1 aliphatic heterocycles. The van der Waals surface area contributed by atoms with Gasteiger partial charge in [0.2, 0.25) is 0 Å². The Hall–Kier alpha value is 0.370. The highest BCUT2D eigenvalue weighted by Gasteiger charge is 2.13. The number of nitrogens with zero attached hydrogens (tertiary/aromatic N) is 2. The van der Waals surface area contributed by atoms with E-state index in [-0.39, 0.29) is 0 Å². The smallest absolute Gasteiger partial charge is 0.118 e. The van der Waals surface area contributed by atoms with Crippen LogP contribution in [-0.4, -0.2) is 22.1 Å². The Balaban J connectivity index is 2.56. The van der Waals surface area contributed by atoms with Crippen molar-refractivity contribution in [1.82, 2.24) is 8.84 Å². The first-order valence-corrected chi connectivity index (χ1v) is 3.45. The van der Waals surface area contributed by atoms with Crippen molar-refractivity contribution in [2.75, 3.05) is 13.2 Å². The molecule has 0 aromatic carbocycles. The van der Waals surface area contributed by atoms with E-state index >= 15 is 0 Å². The fourth-order valence-electron chi connectivity index (χ4n) is 0.533. The van der Waals surface area contributed by atoms with Crippen LogP contribution >= 0.6 is 35.2 Å². The van der Waals surface area contributed by atoms with Crippen LogP contribution in [0.25, 0.3) is 0 Å². The van der Waals surface area contributed by atoms with Crippen LogP contribution in [0.3, 0.4) is 0 Å². The third-order valence-corrected chi connectivity index (χ3v) is 1.95. The molecule has 0 bridgehead atoms. The fraction of sp³-hybridized carbons (Fsp3) is 0.500. The molecule has 0 fully saturated rings. The van der Waals surface area contributed by atoms with Crippen molar-refractivity contribution in [2.24, 2.45) is 0 Å². The normalized spacial score (nSPS) is 22.1. The van der Waals surface area contributed by atoms with E-state index in [1.165, 1.54) is 8.84 Å². The van der Waals surface area contributed by atoms with Gasteiger partial charge in [-0.1, -0.05) is 11.6 Å². The second-order valence-electron chi connectivity index (χ2n) is 1.68. The van der Waals surface area contributed by atoms with Crippen LogP contribution in [0.1, 0.15) is 0 Å². The van der Waals surface area contributed by atoms with Crippen LogP contribution in [0.4, 0.5) is 0 Å². The zero-order valence-corrected chi connectivity index (χ0v) is 6.79. The summed E-state index contributed by atoms with van der Waals surface area (Å²) in [7, 11) is 0. The Morgan fingerprint density at radius 3 is 2.56 bits per heavy atom. The molecule has 0 saturated carbocycles. The minimum absolute atomic E-state index is 0.457. The topological polar surface area (TPSA) is 6.48 Å². The minimum Gasteiger partial charge on any atom is -0.259 e. The predicted molar refractivity (Wildman–Crippen MR) is 39.1 cm³/mol. The Bertz CT molecular complexity index is 136. The summed E-state index contributed by atoms with van der Waals surface area (Å²) in [4.78, 5) is 0. The number of rotatable bonds is 0. The molecule has 1 aliphatic rings. The third kappa shape index (κ3) is 1.90. The van der Waals surface area contributed by atoms with Gasteiger partial charge in [-0.2, -0.15) is 4.42 Å². The van der Waals surface area contributed by atoms with Gasteiger partial charge in [-0.15, -0.1) is 0 Å². The summed E-state index contributed by atoms with van der Waals surface area (Å²) in [6.07, 6.45) is 1.74. The first-order valence-electron chi connectivity index (χ1n) is 2.40. The lowest BCUT2D eigenvalue weighted by Gasteiger charge is -2.24. The molecule has 0 amide bonds. The van der Waals surface area contributed by atoms with Crippen LogP contribution in [0.2, 0.25) is 0 Å². The van der Waals surface area contributed by atoms with Gasteiger partial charge in [0.15, 0.2) is 0 Å². The monoisotopic (exact) mass is 186 g/mol. The molecule has 0 atom stereocenters. The Morgan fingerprint density at radius 1 is 1.44 bits per heavy atom. The predicted octanol–water partition coefficient (Wildman–Crippen LogP) is 1.95. The Morgan fingerprint density at radius 2 is 2.11 bits per heavy atom. The maximum atomic E-state index is 5.60. The van der Waals surface area contributed by atoms with Crippen molar-refractivity contribution in [2.45, 2.75) is 0 Å². The van der Waals surface area contributed by atoms with Gasteiger partial charge < -0.3 is 0 Å². The fourth-order valence-corrected chi connectivity index (χ4v) is 1.08. The highest BCUT2D eigenvalue weighted by molar-refractivity contribution is 6.33. The van der Waals surface area contributed by atoms with Crippen LogP contribution in [0, 0.1) is 0 Å². The number of hydrogen-bond acceptors (Lipinski definition) is 2. The summed E-state index contributed by atoms with van der Waals surface area (Å²) >= 11 is 16.8. The first kappa shape index (κ1) is 7.48. The molecule has 0 aromatic rings. The summed E-state index contributed by atoms with van der Waals surface area (Å²) in [6, 6.07) is 0. The summed E-state index contributed by atoms with van der Waals surface area (Å²) in [6.45, 7) is 1.10. The molecule has 0 radical (unpaired) electrons. The zero-order chi connectivity index (χ0) is 6.85. The maximum absolute atomic E-state index is 5.60. The Kier molecular flexibility index (Phi) is 2.47. The van der Waals surface area contributed by atoms with Gasteiger partial charge >= 0.3 is 0 Å². The molecule has 5 heteroatoms. The van der Waals surface area contributed by atoms with Crippen molar-refractivity contribution in [1.29, 1.82) is 0 Å². The average molecular weight is 187 g/mol. The van der Waals surface area contributed by atoms with Crippen LogP contribution < -0.4 is 0 Å². The van der Waals surface area contributed by atoms with E-state index in [1.54, 1.807) is 6.08 Å². The van der Waals surface area contributed by atoms with Crippen LogP contribution in [-0.2, 0) is 0 Å². The standard InChI is InChI=1S/C4H5Cl3N2/c5-4-1-2-8(6)3-9(4)7/h1H,2-3H2. The first-order chi connectivity index (χ1) is 4.20. The lowest BCUT2D eigenvalue weighted by molar-refractivity contribution is 0.358. The lowest BCUT2D eigenvalue weighted by Crippen LogP contribution is -2.29. The molecular formula is C4H5Cl3N2. The van der Waals surface area contributed by atoms with Gasteiger partial charge in [0.05, 0.1) is 0 Å². The molecule has 0 aliphatic carbocycles. The highest BCUT2D eigenvalue weighted by Crippen LogP contribution is 2.18. The second-order valence-corrected chi connectivity index (χ2v) is 2.95. The number of halogens is 3. The molecule has 2 nitrogen and oxygen atoms in total. The van der Waals surface area contributed by atoms with Gasteiger partial charge in [0.1, 0.15) is 11.8 Å². The quantitative estimate of drug-likeness (QED) is 0.422. The maximum Gasteiger partial charge on any atom is 0.118 e. The summed E-state index contributed by atoms with van der Waals surface area (Å²) in [5, 5.41) is 0.536. The molecule has 1 heterocycles. The zero-order valence-electron chi connectivity index (χ0n) is 4.52. The van der Waals surface area contributed by atoms with Gasteiger partial charge in [-0.3, -0.25) is 4.42 Å². The van der Waals surface area contributed by atoms with Gasteiger partial charge in [-0.05, 0) is 17.9 Å². The molecule has 0 aromatic heterocycles. The molecule has 0 unspecified atom stereocenters. The van der Waals surface area contributed by atoms with E-state index in [9.17, 15) is 0 Å². The van der Waals surface area contributed by atoms with Crippen molar-refractivity contribution in [3.63, 3.8) is 0 Å². The summed E-state index contributed by atoms with van der Waals surface area (Å²) in [5.74, 6) is 0. The van der Waals surface area contributed by atoms with E-state index < -0.39 is 0 Å². The average Bonchev–Trinajstić information content (AvgIpc) is 1.80. The molecule has 9 heavy (non-hydrogen) atoms. The van der Waals surface area contributed by atoms with Crippen molar-refractivity contribution in [3.05, 3.63) is 11.2 Å². The van der Waals surface area contributed by atoms with Crippen LogP contribution in [0.15, 0.2) is 11.2 Å². The molecule has 52 valence electrons. The molecule has 0 spiro atoms. The summed E-state index contributed by atoms with van der Waals surface area (Å²) in [5.41, 5.74) is 0. The van der Waals surface area contributed by atoms with E-state index in [0.717, 1.165) is 0 Å².